The molecule has 0 spiro atoms. The van der Waals surface area contributed by atoms with Gasteiger partial charge in [0.15, 0.2) is 18.2 Å². The van der Waals surface area contributed by atoms with Crippen LogP contribution < -0.4 is 10.1 Å². The minimum Gasteiger partial charge on any atom is -0.494 e. The molecule has 0 aliphatic heterocycles. The van der Waals surface area contributed by atoms with E-state index in [1.807, 2.05) is 18.2 Å². The van der Waals surface area contributed by atoms with Crippen molar-refractivity contribution in [3.05, 3.63) is 65.0 Å². The largest absolute Gasteiger partial charge is 0.494 e. The number of nitrogens with one attached hydrogen (secondary N) is 1. The first-order valence-electron chi connectivity index (χ1n) is 9.84. The molecule has 0 aromatic heterocycles. The maximum absolute atomic E-state index is 13.7. The number of methoxy groups -OCH3 is 1. The fourth-order valence-corrected chi connectivity index (χ4v) is 3.01. The van der Waals surface area contributed by atoms with E-state index in [4.69, 9.17) is 9.47 Å². The first kappa shape index (κ1) is 23.1. The molecular weight excluding hydrogens is 385 g/mol. The Morgan fingerprint density at radius 1 is 1.07 bits per heavy atom. The van der Waals surface area contributed by atoms with E-state index >= 15 is 0 Å². The molecule has 0 radical (unpaired) electrons. The number of carbonyl (C=O) groups excluding carboxylic acids is 2. The molecule has 6 heteroatoms. The Hall–Kier alpha value is -3.15. The van der Waals surface area contributed by atoms with E-state index in [0.29, 0.717) is 5.56 Å². The highest BCUT2D eigenvalue weighted by Gasteiger charge is 2.16. The van der Waals surface area contributed by atoms with E-state index in [0.717, 1.165) is 22.9 Å². The number of hydrogen-bond acceptors (Lipinski definition) is 4. The molecule has 0 saturated carbocycles. The van der Waals surface area contributed by atoms with Gasteiger partial charge in [0.25, 0.3) is 5.91 Å². The van der Waals surface area contributed by atoms with Gasteiger partial charge in [0, 0.05) is 11.8 Å². The van der Waals surface area contributed by atoms with Crippen LogP contribution in [-0.4, -0.2) is 25.6 Å². The second kappa shape index (κ2) is 10.6. The highest BCUT2D eigenvalue weighted by molar-refractivity contribution is 5.96. The Balaban J connectivity index is 1.99. The second-order valence-corrected chi connectivity index (χ2v) is 7.50. The fraction of sp³-hybridized carbons (Fsp3) is 0.333. The molecule has 2 rings (SSSR count). The zero-order valence-corrected chi connectivity index (χ0v) is 18.0. The third-order valence-corrected chi connectivity index (χ3v) is 4.57. The topological polar surface area (TPSA) is 64.6 Å². The molecule has 2 aromatic rings. The van der Waals surface area contributed by atoms with Gasteiger partial charge in [-0.3, -0.25) is 4.79 Å². The summed E-state index contributed by atoms with van der Waals surface area (Å²) >= 11 is 0. The van der Waals surface area contributed by atoms with Crippen molar-refractivity contribution in [3.8, 4) is 5.75 Å². The van der Waals surface area contributed by atoms with E-state index in [-0.39, 0.29) is 17.6 Å². The van der Waals surface area contributed by atoms with Gasteiger partial charge in [-0.25, -0.2) is 9.18 Å². The van der Waals surface area contributed by atoms with Crippen molar-refractivity contribution in [3.63, 3.8) is 0 Å². The quantitative estimate of drug-likeness (QED) is 0.473. The molecule has 160 valence electrons. The minimum absolute atomic E-state index is 0.119. The van der Waals surface area contributed by atoms with Crippen molar-refractivity contribution in [2.75, 3.05) is 19.0 Å². The molecule has 1 N–H and O–H groups in total. The van der Waals surface area contributed by atoms with Gasteiger partial charge in [0.05, 0.1) is 7.11 Å². The molecule has 5 nitrogen and oxygen atoms in total. The van der Waals surface area contributed by atoms with Crippen molar-refractivity contribution >= 4 is 23.6 Å². The molecule has 2 aromatic carbocycles. The van der Waals surface area contributed by atoms with Gasteiger partial charge in [0.1, 0.15) is 0 Å². The summed E-state index contributed by atoms with van der Waals surface area (Å²) in [6, 6.07) is 10.3. The summed E-state index contributed by atoms with van der Waals surface area (Å²) in [6.07, 6.45) is 2.56. The number of anilines is 1. The summed E-state index contributed by atoms with van der Waals surface area (Å²) in [4.78, 5) is 24.3. The Morgan fingerprint density at radius 2 is 1.70 bits per heavy atom. The van der Waals surface area contributed by atoms with Crippen molar-refractivity contribution in [2.24, 2.45) is 0 Å². The van der Waals surface area contributed by atoms with Crippen LogP contribution in [0, 0.1) is 5.82 Å². The van der Waals surface area contributed by atoms with Crippen molar-refractivity contribution < 1.29 is 23.5 Å². The number of benzene rings is 2. The fourth-order valence-electron chi connectivity index (χ4n) is 3.01. The maximum Gasteiger partial charge on any atom is 0.331 e. The third-order valence-electron chi connectivity index (χ3n) is 4.57. The average Bonchev–Trinajstić information content (AvgIpc) is 2.70. The zero-order chi connectivity index (χ0) is 22.3. The van der Waals surface area contributed by atoms with Gasteiger partial charge in [-0.15, -0.1) is 0 Å². The Morgan fingerprint density at radius 3 is 2.23 bits per heavy atom. The van der Waals surface area contributed by atoms with Crippen molar-refractivity contribution in [1.82, 2.24) is 0 Å². The van der Waals surface area contributed by atoms with Crippen LogP contribution in [-0.2, 0) is 14.3 Å². The first-order valence-corrected chi connectivity index (χ1v) is 9.84. The van der Waals surface area contributed by atoms with Crippen LogP contribution in [0.3, 0.4) is 0 Å². The van der Waals surface area contributed by atoms with Gasteiger partial charge in [-0.1, -0.05) is 52.0 Å². The molecule has 0 saturated heterocycles. The predicted octanol–water partition coefficient (Wildman–Crippen LogP) is 5.28. The smallest absolute Gasteiger partial charge is 0.331 e. The standard InChI is InChI=1S/C24H28FNO4/c1-15(2)18-7-6-8-19(16(3)4)24(18)26-22(27)14-30-23(28)12-10-17-9-11-21(29-5)20(25)13-17/h6-13,15-16H,14H2,1-5H3,(H,26,27)/b12-10+. The van der Waals surface area contributed by atoms with Gasteiger partial charge in [-0.2, -0.15) is 0 Å². The number of esters is 1. The summed E-state index contributed by atoms with van der Waals surface area (Å²) in [5.74, 6) is -1.06. The molecule has 0 bridgehead atoms. The first-order chi connectivity index (χ1) is 14.2. The summed E-state index contributed by atoms with van der Waals surface area (Å²) in [5, 5.41) is 2.89. The van der Waals surface area contributed by atoms with Crippen LogP contribution in [0.1, 0.15) is 56.2 Å². The zero-order valence-electron chi connectivity index (χ0n) is 18.0. The van der Waals surface area contributed by atoms with Crippen LogP contribution in [0.5, 0.6) is 5.75 Å². The minimum atomic E-state index is -0.692. The van der Waals surface area contributed by atoms with Gasteiger partial charge in [0.2, 0.25) is 0 Å². The predicted molar refractivity (Wildman–Crippen MR) is 116 cm³/mol. The van der Waals surface area contributed by atoms with E-state index in [9.17, 15) is 14.0 Å². The van der Waals surface area contributed by atoms with Crippen LogP contribution in [0.25, 0.3) is 6.08 Å². The summed E-state index contributed by atoms with van der Waals surface area (Å²) in [5.41, 5.74) is 3.31. The number of hydrogen-bond donors (Lipinski definition) is 1. The molecule has 0 atom stereocenters. The molecule has 0 aliphatic rings. The Kier molecular flexibility index (Phi) is 8.16. The average molecular weight is 413 g/mol. The van der Waals surface area contributed by atoms with E-state index in [1.54, 1.807) is 6.07 Å². The SMILES string of the molecule is COc1ccc(/C=C/C(=O)OCC(=O)Nc2c(C(C)C)cccc2C(C)C)cc1F. The number of para-hydroxylation sites is 1. The third kappa shape index (κ3) is 6.17. The van der Waals surface area contributed by atoms with E-state index in [1.165, 1.54) is 25.3 Å². The molecule has 1 amide bonds. The van der Waals surface area contributed by atoms with Crippen LogP contribution in [0.15, 0.2) is 42.5 Å². The van der Waals surface area contributed by atoms with Gasteiger partial charge in [-0.05, 0) is 46.7 Å². The number of ether oxygens (including phenoxy) is 2. The number of amides is 1. The molecule has 0 fully saturated rings. The van der Waals surface area contributed by atoms with Crippen molar-refractivity contribution in [1.29, 1.82) is 0 Å². The molecule has 30 heavy (non-hydrogen) atoms. The normalized spacial score (nSPS) is 11.2. The maximum atomic E-state index is 13.7. The van der Waals surface area contributed by atoms with Crippen LogP contribution >= 0.6 is 0 Å². The number of carbonyl (C=O) groups is 2. The van der Waals surface area contributed by atoms with Gasteiger partial charge < -0.3 is 14.8 Å². The summed E-state index contributed by atoms with van der Waals surface area (Å²) < 4.78 is 23.6. The molecule has 0 heterocycles. The molecule has 0 aliphatic carbocycles. The second-order valence-electron chi connectivity index (χ2n) is 7.50. The summed E-state index contributed by atoms with van der Waals surface area (Å²) in [6.45, 7) is 7.82. The Bertz CT molecular complexity index is 909. The van der Waals surface area contributed by atoms with Crippen molar-refractivity contribution in [2.45, 2.75) is 39.5 Å². The van der Waals surface area contributed by atoms with Crippen LogP contribution in [0.2, 0.25) is 0 Å². The lowest BCUT2D eigenvalue weighted by Gasteiger charge is -2.20. The summed E-state index contributed by atoms with van der Waals surface area (Å²) in [7, 11) is 1.38. The van der Waals surface area contributed by atoms with E-state index < -0.39 is 24.3 Å². The lowest BCUT2D eigenvalue weighted by atomic mass is 9.92. The lowest BCUT2D eigenvalue weighted by molar-refractivity contribution is -0.142. The molecule has 0 unspecified atom stereocenters. The lowest BCUT2D eigenvalue weighted by Crippen LogP contribution is -2.22. The monoisotopic (exact) mass is 413 g/mol. The van der Waals surface area contributed by atoms with Gasteiger partial charge >= 0.3 is 5.97 Å². The molecular formula is C24H28FNO4. The highest BCUT2D eigenvalue weighted by atomic mass is 19.1. The number of rotatable bonds is 8. The number of halogens is 1. The van der Waals surface area contributed by atoms with Crippen LogP contribution in [0.4, 0.5) is 10.1 Å². The van der Waals surface area contributed by atoms with E-state index in [2.05, 4.69) is 33.0 Å². The highest BCUT2D eigenvalue weighted by Crippen LogP contribution is 2.32. The Labute approximate surface area is 176 Å².